The highest BCUT2D eigenvalue weighted by molar-refractivity contribution is 7.92. The van der Waals surface area contributed by atoms with Crippen LogP contribution in [-0.4, -0.2) is 34.6 Å². The molecule has 0 saturated heterocycles. The molecular formula is C18H22N2O5S. The maximum absolute atomic E-state index is 12.7. The van der Waals surface area contributed by atoms with Crippen LogP contribution in [0.25, 0.3) is 0 Å². The van der Waals surface area contributed by atoms with E-state index in [4.69, 9.17) is 9.47 Å². The van der Waals surface area contributed by atoms with Gasteiger partial charge in [0.2, 0.25) is 0 Å². The topological polar surface area (TPSA) is 93.7 Å². The number of ether oxygens (including phenoxy) is 2. The van der Waals surface area contributed by atoms with Crippen LogP contribution in [0.1, 0.15) is 24.2 Å². The lowest BCUT2D eigenvalue weighted by atomic mass is 10.2. The minimum atomic E-state index is -3.85. The SMILES string of the molecule is CCOc1ccc(OCC)c(NS(=O)(=O)c2ccc(C(=O)NC)cc2)c1. The van der Waals surface area contributed by atoms with Gasteiger partial charge in [-0.05, 0) is 50.2 Å². The van der Waals surface area contributed by atoms with Gasteiger partial charge in [0.25, 0.3) is 15.9 Å². The molecule has 0 saturated carbocycles. The molecule has 0 aliphatic heterocycles. The van der Waals surface area contributed by atoms with Crippen molar-refractivity contribution in [2.24, 2.45) is 0 Å². The zero-order valence-corrected chi connectivity index (χ0v) is 15.7. The van der Waals surface area contributed by atoms with Crippen molar-refractivity contribution < 1.29 is 22.7 Å². The fourth-order valence-corrected chi connectivity index (χ4v) is 3.32. The first-order chi connectivity index (χ1) is 12.4. The molecule has 0 bridgehead atoms. The second kappa shape index (κ2) is 8.57. The Morgan fingerprint density at radius 2 is 1.65 bits per heavy atom. The quantitative estimate of drug-likeness (QED) is 0.736. The van der Waals surface area contributed by atoms with Crippen LogP contribution in [0, 0.1) is 0 Å². The Labute approximate surface area is 153 Å². The first-order valence-corrected chi connectivity index (χ1v) is 9.64. The van der Waals surface area contributed by atoms with Crippen LogP contribution in [0.5, 0.6) is 11.5 Å². The van der Waals surface area contributed by atoms with E-state index in [0.29, 0.717) is 30.3 Å². The molecule has 7 nitrogen and oxygen atoms in total. The van der Waals surface area contributed by atoms with Crippen LogP contribution in [0.15, 0.2) is 47.4 Å². The molecule has 0 fully saturated rings. The lowest BCUT2D eigenvalue weighted by molar-refractivity contribution is 0.0963. The van der Waals surface area contributed by atoms with E-state index in [9.17, 15) is 13.2 Å². The van der Waals surface area contributed by atoms with E-state index in [1.54, 1.807) is 18.2 Å². The number of rotatable bonds is 8. The van der Waals surface area contributed by atoms with Crippen LogP contribution in [0.2, 0.25) is 0 Å². The number of carbonyl (C=O) groups excluding carboxylic acids is 1. The largest absolute Gasteiger partial charge is 0.494 e. The highest BCUT2D eigenvalue weighted by atomic mass is 32.2. The number of sulfonamides is 1. The second-order valence-electron chi connectivity index (χ2n) is 5.23. The number of hydrogen-bond donors (Lipinski definition) is 2. The lowest BCUT2D eigenvalue weighted by Gasteiger charge is -2.14. The fraction of sp³-hybridized carbons (Fsp3) is 0.278. The molecule has 1 amide bonds. The van der Waals surface area contributed by atoms with Crippen molar-refractivity contribution in [3.63, 3.8) is 0 Å². The van der Waals surface area contributed by atoms with Crippen molar-refractivity contribution in [3.05, 3.63) is 48.0 Å². The summed E-state index contributed by atoms with van der Waals surface area (Å²) in [6, 6.07) is 10.6. The Hall–Kier alpha value is -2.74. The van der Waals surface area contributed by atoms with Gasteiger partial charge in [0.15, 0.2) is 0 Å². The van der Waals surface area contributed by atoms with E-state index in [2.05, 4.69) is 10.0 Å². The van der Waals surface area contributed by atoms with Crippen molar-refractivity contribution in [2.75, 3.05) is 25.0 Å². The van der Waals surface area contributed by atoms with Gasteiger partial charge >= 0.3 is 0 Å². The van der Waals surface area contributed by atoms with E-state index in [0.717, 1.165) is 0 Å². The third kappa shape index (κ3) is 4.66. The van der Waals surface area contributed by atoms with Crippen molar-refractivity contribution in [1.29, 1.82) is 0 Å². The van der Waals surface area contributed by atoms with E-state index in [1.807, 2.05) is 13.8 Å². The highest BCUT2D eigenvalue weighted by Crippen LogP contribution is 2.31. The minimum Gasteiger partial charge on any atom is -0.494 e. The van der Waals surface area contributed by atoms with Crippen molar-refractivity contribution in [3.8, 4) is 11.5 Å². The van der Waals surface area contributed by atoms with Crippen LogP contribution in [0.3, 0.4) is 0 Å². The maximum Gasteiger partial charge on any atom is 0.262 e. The van der Waals surface area contributed by atoms with Crippen LogP contribution >= 0.6 is 0 Å². The lowest BCUT2D eigenvalue weighted by Crippen LogP contribution is -2.18. The third-order valence-corrected chi connectivity index (χ3v) is 4.84. The van der Waals surface area contributed by atoms with Gasteiger partial charge in [-0.3, -0.25) is 9.52 Å². The predicted molar refractivity (Wildman–Crippen MR) is 99.4 cm³/mol. The average molecular weight is 378 g/mol. The molecule has 2 N–H and O–H groups in total. The van der Waals surface area contributed by atoms with Crippen molar-refractivity contribution >= 4 is 21.6 Å². The summed E-state index contributed by atoms with van der Waals surface area (Å²) in [6.07, 6.45) is 0. The molecule has 2 rings (SSSR count). The van der Waals surface area contributed by atoms with Gasteiger partial charge in [-0.15, -0.1) is 0 Å². The number of anilines is 1. The summed E-state index contributed by atoms with van der Waals surface area (Å²) in [5.74, 6) is 0.648. The molecule has 2 aromatic carbocycles. The first kappa shape index (κ1) is 19.6. The Balaban J connectivity index is 2.33. The summed E-state index contributed by atoms with van der Waals surface area (Å²) in [7, 11) is -2.34. The summed E-state index contributed by atoms with van der Waals surface area (Å²) < 4.78 is 38.8. The molecule has 140 valence electrons. The Morgan fingerprint density at radius 3 is 2.23 bits per heavy atom. The van der Waals surface area contributed by atoms with Gasteiger partial charge in [-0.2, -0.15) is 0 Å². The number of carbonyl (C=O) groups is 1. The number of nitrogens with one attached hydrogen (secondary N) is 2. The summed E-state index contributed by atoms with van der Waals surface area (Å²) in [4.78, 5) is 11.6. The third-order valence-electron chi connectivity index (χ3n) is 3.46. The molecule has 0 atom stereocenters. The minimum absolute atomic E-state index is 0.0365. The van der Waals surface area contributed by atoms with Gasteiger partial charge in [0, 0.05) is 18.7 Å². The first-order valence-electron chi connectivity index (χ1n) is 8.15. The molecule has 2 aromatic rings. The molecule has 8 heteroatoms. The van der Waals surface area contributed by atoms with Gasteiger partial charge < -0.3 is 14.8 Å². The van der Waals surface area contributed by atoms with Crippen LogP contribution < -0.4 is 19.5 Å². The molecule has 0 aliphatic carbocycles. The van der Waals surface area contributed by atoms with E-state index < -0.39 is 10.0 Å². The molecule has 0 aromatic heterocycles. The van der Waals surface area contributed by atoms with Crippen molar-refractivity contribution in [1.82, 2.24) is 5.32 Å². The van der Waals surface area contributed by atoms with E-state index in [-0.39, 0.29) is 16.5 Å². The van der Waals surface area contributed by atoms with Crippen LogP contribution in [0.4, 0.5) is 5.69 Å². The van der Waals surface area contributed by atoms with E-state index >= 15 is 0 Å². The molecule has 0 spiro atoms. The predicted octanol–water partition coefficient (Wildman–Crippen LogP) is 2.64. The fourth-order valence-electron chi connectivity index (χ4n) is 2.26. The number of amides is 1. The second-order valence-corrected chi connectivity index (χ2v) is 6.92. The smallest absolute Gasteiger partial charge is 0.262 e. The summed E-state index contributed by atoms with van der Waals surface area (Å²) in [6.45, 7) is 4.51. The zero-order chi connectivity index (χ0) is 19.2. The monoisotopic (exact) mass is 378 g/mol. The van der Waals surface area contributed by atoms with Gasteiger partial charge in [-0.1, -0.05) is 0 Å². The molecule has 0 unspecified atom stereocenters. The Kier molecular flexibility index (Phi) is 6.46. The number of benzene rings is 2. The maximum atomic E-state index is 12.7. The van der Waals surface area contributed by atoms with Gasteiger partial charge in [-0.25, -0.2) is 8.42 Å². The standard InChI is InChI=1S/C18H22N2O5S/c1-4-24-14-8-11-17(25-5-2)16(12-14)20-26(22,23)15-9-6-13(7-10-15)18(21)19-3/h6-12,20H,4-5H2,1-3H3,(H,19,21). The molecule has 0 aliphatic rings. The Bertz CT molecular complexity index is 864. The molecule has 0 heterocycles. The van der Waals surface area contributed by atoms with Gasteiger partial charge in [0.05, 0.1) is 23.8 Å². The summed E-state index contributed by atoms with van der Waals surface area (Å²) >= 11 is 0. The van der Waals surface area contributed by atoms with Crippen molar-refractivity contribution in [2.45, 2.75) is 18.7 Å². The molecule has 0 radical (unpaired) electrons. The molecule has 26 heavy (non-hydrogen) atoms. The Morgan fingerprint density at radius 1 is 1.00 bits per heavy atom. The normalized spacial score (nSPS) is 10.9. The summed E-state index contributed by atoms with van der Waals surface area (Å²) in [5.41, 5.74) is 0.660. The zero-order valence-electron chi connectivity index (χ0n) is 14.9. The van der Waals surface area contributed by atoms with E-state index in [1.165, 1.54) is 31.3 Å². The van der Waals surface area contributed by atoms with Crippen LogP contribution in [-0.2, 0) is 10.0 Å². The average Bonchev–Trinajstić information content (AvgIpc) is 2.63. The highest BCUT2D eigenvalue weighted by Gasteiger charge is 2.18. The number of hydrogen-bond acceptors (Lipinski definition) is 5. The summed E-state index contributed by atoms with van der Waals surface area (Å²) in [5, 5.41) is 2.48. The molecular weight excluding hydrogens is 356 g/mol. The van der Waals surface area contributed by atoms with Gasteiger partial charge in [0.1, 0.15) is 11.5 Å².